The van der Waals surface area contributed by atoms with Crippen molar-refractivity contribution in [1.82, 2.24) is 5.32 Å². The highest BCUT2D eigenvalue weighted by atomic mass is 16.6. The molecule has 1 heterocycles. The number of methoxy groups -OCH3 is 1. The first-order valence-corrected chi connectivity index (χ1v) is 8.85. The molecule has 1 fully saturated rings. The highest BCUT2D eigenvalue weighted by molar-refractivity contribution is 6.01. The molecule has 1 unspecified atom stereocenters. The molecular weight excluding hydrogens is 362 g/mol. The van der Waals surface area contributed by atoms with Gasteiger partial charge in [0.05, 0.1) is 23.6 Å². The first-order valence-electron chi connectivity index (χ1n) is 8.85. The van der Waals surface area contributed by atoms with Crippen molar-refractivity contribution in [3.05, 3.63) is 63.7 Å². The van der Waals surface area contributed by atoms with Gasteiger partial charge in [0.25, 0.3) is 5.69 Å². The van der Waals surface area contributed by atoms with Gasteiger partial charge in [-0.2, -0.15) is 0 Å². The van der Waals surface area contributed by atoms with Gasteiger partial charge in [-0.15, -0.1) is 0 Å². The van der Waals surface area contributed by atoms with Gasteiger partial charge in [-0.05, 0) is 24.6 Å². The molecular formula is C20H21N3O5. The lowest BCUT2D eigenvalue weighted by Crippen LogP contribution is -2.32. The summed E-state index contributed by atoms with van der Waals surface area (Å²) >= 11 is 0. The summed E-state index contributed by atoms with van der Waals surface area (Å²) in [6.45, 7) is 2.19. The molecule has 2 aromatic carbocycles. The number of carbonyl (C=O) groups excluding carboxylic acids is 2. The molecule has 1 saturated heterocycles. The number of rotatable bonds is 6. The molecule has 0 bridgehead atoms. The van der Waals surface area contributed by atoms with E-state index < -0.39 is 10.8 Å². The molecule has 0 spiro atoms. The van der Waals surface area contributed by atoms with Crippen molar-refractivity contribution in [3.63, 3.8) is 0 Å². The smallest absolute Gasteiger partial charge is 0.274 e. The first kappa shape index (κ1) is 19.3. The van der Waals surface area contributed by atoms with Gasteiger partial charge < -0.3 is 15.0 Å². The molecule has 0 aromatic heterocycles. The summed E-state index contributed by atoms with van der Waals surface area (Å²) in [6.07, 6.45) is 0.0831. The van der Waals surface area contributed by atoms with Crippen molar-refractivity contribution in [2.24, 2.45) is 5.92 Å². The summed E-state index contributed by atoms with van der Waals surface area (Å²) in [5, 5.41) is 13.8. The fraction of sp³-hybridized carbons (Fsp3) is 0.300. The zero-order valence-electron chi connectivity index (χ0n) is 15.7. The molecule has 8 nitrogen and oxygen atoms in total. The molecule has 1 aliphatic rings. The lowest BCUT2D eigenvalue weighted by Gasteiger charge is -2.20. The monoisotopic (exact) mass is 383 g/mol. The van der Waals surface area contributed by atoms with Crippen molar-refractivity contribution >= 4 is 23.2 Å². The zero-order chi connectivity index (χ0) is 20.3. The minimum atomic E-state index is -0.527. The van der Waals surface area contributed by atoms with Crippen molar-refractivity contribution in [2.75, 3.05) is 18.6 Å². The van der Waals surface area contributed by atoms with Gasteiger partial charge in [0, 0.05) is 31.1 Å². The number of nitro benzene ring substituents is 1. The van der Waals surface area contributed by atoms with E-state index in [1.807, 2.05) is 19.1 Å². The summed E-state index contributed by atoms with van der Waals surface area (Å²) in [6, 6.07) is 11.8. The van der Waals surface area contributed by atoms with Crippen LogP contribution in [0.3, 0.4) is 0 Å². The molecule has 0 radical (unpaired) electrons. The molecule has 2 aromatic rings. The molecule has 28 heavy (non-hydrogen) atoms. The third-order valence-electron chi connectivity index (χ3n) is 4.76. The molecule has 146 valence electrons. The van der Waals surface area contributed by atoms with Gasteiger partial charge in [0.15, 0.2) is 0 Å². The summed E-state index contributed by atoms with van der Waals surface area (Å²) in [5.41, 5.74) is 1.99. The van der Waals surface area contributed by atoms with Crippen LogP contribution < -0.4 is 15.0 Å². The van der Waals surface area contributed by atoms with Gasteiger partial charge in [-0.1, -0.05) is 24.3 Å². The third kappa shape index (κ3) is 3.95. The summed E-state index contributed by atoms with van der Waals surface area (Å²) in [4.78, 5) is 37.2. The Kier molecular flexibility index (Phi) is 5.58. The normalized spacial score (nSPS) is 16.1. The lowest BCUT2D eigenvalue weighted by molar-refractivity contribution is -0.385. The van der Waals surface area contributed by atoms with E-state index in [-0.39, 0.29) is 37.0 Å². The van der Waals surface area contributed by atoms with Crippen LogP contribution in [0.4, 0.5) is 11.4 Å². The fourth-order valence-corrected chi connectivity index (χ4v) is 3.29. The van der Waals surface area contributed by atoms with E-state index >= 15 is 0 Å². The van der Waals surface area contributed by atoms with Crippen molar-refractivity contribution in [2.45, 2.75) is 19.9 Å². The van der Waals surface area contributed by atoms with Gasteiger partial charge >= 0.3 is 0 Å². The Balaban J connectivity index is 1.70. The number of hydrogen-bond acceptors (Lipinski definition) is 5. The van der Waals surface area contributed by atoms with Crippen LogP contribution in [0, 0.1) is 23.0 Å². The number of para-hydroxylation sites is 1. The SMILES string of the molecule is COc1ccc(C)cc1N1CC(C(=O)NCc2ccccc2[N+](=O)[O-])CC1=O. The summed E-state index contributed by atoms with van der Waals surface area (Å²) < 4.78 is 5.34. The molecule has 3 rings (SSSR count). The predicted molar refractivity (Wildman–Crippen MR) is 103 cm³/mol. The third-order valence-corrected chi connectivity index (χ3v) is 4.76. The minimum Gasteiger partial charge on any atom is -0.495 e. The van der Waals surface area contributed by atoms with Gasteiger partial charge in [-0.25, -0.2) is 0 Å². The zero-order valence-corrected chi connectivity index (χ0v) is 15.7. The molecule has 0 saturated carbocycles. The number of nitro groups is 1. The van der Waals surface area contributed by atoms with E-state index in [9.17, 15) is 19.7 Å². The summed E-state index contributed by atoms with van der Waals surface area (Å²) in [7, 11) is 1.53. The maximum atomic E-state index is 12.6. The van der Waals surface area contributed by atoms with Crippen LogP contribution in [0.25, 0.3) is 0 Å². The number of carbonyl (C=O) groups is 2. The quantitative estimate of drug-likeness (QED) is 0.610. The number of ether oxygens (including phenoxy) is 1. The van der Waals surface area contributed by atoms with Crippen LogP contribution in [-0.4, -0.2) is 30.4 Å². The number of aryl methyl sites for hydroxylation is 1. The van der Waals surface area contributed by atoms with Crippen LogP contribution in [0.1, 0.15) is 17.5 Å². The Morgan fingerprint density at radius 2 is 2.07 bits per heavy atom. The number of benzene rings is 2. The molecule has 1 atom stereocenters. The second kappa shape index (κ2) is 8.08. The maximum Gasteiger partial charge on any atom is 0.274 e. The highest BCUT2D eigenvalue weighted by Crippen LogP contribution is 2.34. The van der Waals surface area contributed by atoms with Crippen molar-refractivity contribution in [3.8, 4) is 5.75 Å². The predicted octanol–water partition coefficient (Wildman–Crippen LogP) is 2.58. The topological polar surface area (TPSA) is 102 Å². The van der Waals surface area contributed by atoms with E-state index in [4.69, 9.17) is 4.74 Å². The first-order chi connectivity index (χ1) is 13.4. The average Bonchev–Trinajstić information content (AvgIpc) is 3.07. The Bertz CT molecular complexity index is 928. The van der Waals surface area contributed by atoms with E-state index in [1.54, 1.807) is 29.2 Å². The fourth-order valence-electron chi connectivity index (χ4n) is 3.29. The summed E-state index contributed by atoms with van der Waals surface area (Å²) in [5.74, 6) is -0.421. The largest absolute Gasteiger partial charge is 0.495 e. The maximum absolute atomic E-state index is 12.6. The van der Waals surface area contributed by atoms with Crippen LogP contribution in [0.2, 0.25) is 0 Å². The standard InChI is InChI=1S/C20H21N3O5/c1-13-7-8-18(28-2)17(9-13)22-12-15(10-19(22)24)20(25)21-11-14-5-3-4-6-16(14)23(26)27/h3-9,15H,10-12H2,1-2H3,(H,21,25). The van der Waals surface area contributed by atoms with E-state index in [1.165, 1.54) is 13.2 Å². The number of nitrogens with zero attached hydrogens (tertiary/aromatic N) is 2. The van der Waals surface area contributed by atoms with Crippen LogP contribution >= 0.6 is 0 Å². The van der Waals surface area contributed by atoms with E-state index in [0.29, 0.717) is 17.0 Å². The van der Waals surface area contributed by atoms with E-state index in [2.05, 4.69) is 5.32 Å². The van der Waals surface area contributed by atoms with Gasteiger partial charge in [-0.3, -0.25) is 19.7 Å². The van der Waals surface area contributed by atoms with Gasteiger partial charge in [0.1, 0.15) is 5.75 Å². The number of anilines is 1. The molecule has 1 N–H and O–H groups in total. The van der Waals surface area contributed by atoms with Crippen LogP contribution in [-0.2, 0) is 16.1 Å². The Labute approximate surface area is 162 Å². The van der Waals surface area contributed by atoms with Crippen LogP contribution in [0.15, 0.2) is 42.5 Å². The number of amides is 2. The van der Waals surface area contributed by atoms with Crippen molar-refractivity contribution < 1.29 is 19.2 Å². The van der Waals surface area contributed by atoms with Crippen molar-refractivity contribution in [1.29, 1.82) is 0 Å². The second-order valence-electron chi connectivity index (χ2n) is 6.68. The lowest BCUT2D eigenvalue weighted by atomic mass is 10.1. The Hall–Kier alpha value is -3.42. The number of nitrogens with one attached hydrogen (secondary N) is 1. The number of hydrogen-bond donors (Lipinski definition) is 1. The molecule has 1 aliphatic heterocycles. The Morgan fingerprint density at radius 3 is 2.79 bits per heavy atom. The highest BCUT2D eigenvalue weighted by Gasteiger charge is 2.36. The average molecular weight is 383 g/mol. The molecule has 2 amide bonds. The molecule has 8 heteroatoms. The molecule has 0 aliphatic carbocycles. The second-order valence-corrected chi connectivity index (χ2v) is 6.68. The van der Waals surface area contributed by atoms with Gasteiger partial charge in [0.2, 0.25) is 11.8 Å². The van der Waals surface area contributed by atoms with Crippen LogP contribution in [0.5, 0.6) is 5.75 Å². The van der Waals surface area contributed by atoms with E-state index in [0.717, 1.165) is 5.56 Å². The Morgan fingerprint density at radius 1 is 1.32 bits per heavy atom. The minimum absolute atomic E-state index is 0.0362.